The lowest BCUT2D eigenvalue weighted by Gasteiger charge is -2.14. The average molecular weight is 333 g/mol. The Hall–Kier alpha value is -2.95. The van der Waals surface area contributed by atoms with E-state index in [9.17, 15) is 0 Å². The van der Waals surface area contributed by atoms with Crippen LogP contribution < -0.4 is 10.6 Å². The fraction of sp³-hybridized carbons (Fsp3) is 0.250. The van der Waals surface area contributed by atoms with Crippen molar-refractivity contribution in [2.24, 2.45) is 0 Å². The third kappa shape index (κ3) is 4.12. The van der Waals surface area contributed by atoms with Crippen LogP contribution in [0.25, 0.3) is 11.4 Å². The van der Waals surface area contributed by atoms with Gasteiger partial charge >= 0.3 is 0 Å². The number of anilines is 3. The van der Waals surface area contributed by atoms with Gasteiger partial charge in [-0.3, -0.25) is 4.98 Å². The Kier molecular flexibility index (Phi) is 4.93. The van der Waals surface area contributed by atoms with Crippen LogP contribution in [0.1, 0.15) is 25.0 Å². The molecule has 2 heterocycles. The van der Waals surface area contributed by atoms with Crippen LogP contribution in [0.2, 0.25) is 0 Å². The molecule has 25 heavy (non-hydrogen) atoms. The lowest BCUT2D eigenvalue weighted by atomic mass is 10.1. The minimum Gasteiger partial charge on any atom is -0.352 e. The zero-order valence-corrected chi connectivity index (χ0v) is 15.0. The number of benzene rings is 1. The Labute approximate surface area is 148 Å². The maximum absolute atomic E-state index is 4.60. The fourth-order valence-electron chi connectivity index (χ4n) is 2.50. The van der Waals surface area contributed by atoms with Gasteiger partial charge in [0.25, 0.3) is 0 Å². The molecule has 3 aromatic rings. The highest BCUT2D eigenvalue weighted by molar-refractivity contribution is 5.67. The topological polar surface area (TPSA) is 62.7 Å². The Balaban J connectivity index is 2.01. The number of nitrogens with zero attached hydrogens (tertiary/aromatic N) is 3. The Morgan fingerprint density at radius 1 is 0.920 bits per heavy atom. The van der Waals surface area contributed by atoms with E-state index in [2.05, 4.69) is 65.4 Å². The predicted molar refractivity (Wildman–Crippen MR) is 103 cm³/mol. The Morgan fingerprint density at radius 3 is 2.48 bits per heavy atom. The third-order valence-corrected chi connectivity index (χ3v) is 3.94. The number of rotatable bonds is 5. The summed E-state index contributed by atoms with van der Waals surface area (Å²) < 4.78 is 0. The summed E-state index contributed by atoms with van der Waals surface area (Å²) in [6.07, 6.45) is 1.77. The first-order valence-corrected chi connectivity index (χ1v) is 8.43. The largest absolute Gasteiger partial charge is 0.352 e. The molecular weight excluding hydrogens is 310 g/mol. The summed E-state index contributed by atoms with van der Waals surface area (Å²) in [7, 11) is 0. The number of pyridine rings is 1. The molecule has 128 valence electrons. The van der Waals surface area contributed by atoms with E-state index in [0.717, 1.165) is 22.9 Å². The molecule has 0 saturated carbocycles. The van der Waals surface area contributed by atoms with Gasteiger partial charge in [0.1, 0.15) is 5.82 Å². The van der Waals surface area contributed by atoms with Crippen LogP contribution in [0.4, 0.5) is 17.5 Å². The van der Waals surface area contributed by atoms with Gasteiger partial charge in [-0.25, -0.2) is 4.98 Å². The summed E-state index contributed by atoms with van der Waals surface area (Å²) in [4.78, 5) is 13.6. The van der Waals surface area contributed by atoms with Gasteiger partial charge in [0.15, 0.2) is 0 Å². The molecule has 0 atom stereocenters. The number of nitrogens with one attached hydrogen (secondary N) is 2. The summed E-state index contributed by atoms with van der Waals surface area (Å²) in [5.74, 6) is 1.33. The van der Waals surface area contributed by atoms with Crippen molar-refractivity contribution in [3.63, 3.8) is 0 Å². The monoisotopic (exact) mass is 333 g/mol. The highest BCUT2D eigenvalue weighted by atomic mass is 15.2. The maximum atomic E-state index is 4.60. The quantitative estimate of drug-likeness (QED) is 0.707. The van der Waals surface area contributed by atoms with Gasteiger partial charge < -0.3 is 10.6 Å². The van der Waals surface area contributed by atoms with Gasteiger partial charge in [-0.05, 0) is 57.0 Å². The number of aryl methyl sites for hydroxylation is 1. The Bertz CT molecular complexity index is 859. The highest BCUT2D eigenvalue weighted by Crippen LogP contribution is 2.25. The lowest BCUT2D eigenvalue weighted by molar-refractivity contribution is 0.875. The maximum Gasteiger partial charge on any atom is 0.225 e. The van der Waals surface area contributed by atoms with Crippen molar-refractivity contribution in [2.45, 2.75) is 33.7 Å². The van der Waals surface area contributed by atoms with Gasteiger partial charge in [-0.15, -0.1) is 0 Å². The van der Waals surface area contributed by atoms with Gasteiger partial charge in [0.05, 0.1) is 11.4 Å². The summed E-state index contributed by atoms with van der Waals surface area (Å²) in [6, 6.07) is 14.2. The second-order valence-corrected chi connectivity index (χ2v) is 6.35. The molecule has 5 nitrogen and oxygen atoms in total. The molecule has 0 amide bonds. The molecule has 0 radical (unpaired) electrons. The van der Waals surface area contributed by atoms with E-state index in [4.69, 9.17) is 0 Å². The second-order valence-electron chi connectivity index (χ2n) is 6.35. The van der Waals surface area contributed by atoms with Crippen LogP contribution >= 0.6 is 0 Å². The SMILES string of the molecule is Cc1cccc(Nc2cc(-c3ccccn3)nc(NC(C)C)n2)c1C. The van der Waals surface area contributed by atoms with Crippen molar-refractivity contribution in [1.82, 2.24) is 15.0 Å². The normalized spacial score (nSPS) is 10.8. The van der Waals surface area contributed by atoms with Crippen molar-refractivity contribution in [2.75, 3.05) is 10.6 Å². The van der Waals surface area contributed by atoms with E-state index >= 15 is 0 Å². The molecule has 1 aromatic carbocycles. The Morgan fingerprint density at radius 2 is 1.76 bits per heavy atom. The van der Waals surface area contributed by atoms with Crippen LogP contribution in [-0.2, 0) is 0 Å². The second kappa shape index (κ2) is 7.30. The summed E-state index contributed by atoms with van der Waals surface area (Å²) in [5.41, 5.74) is 5.09. The minimum absolute atomic E-state index is 0.243. The predicted octanol–water partition coefficient (Wildman–Crippen LogP) is 4.72. The van der Waals surface area contributed by atoms with Gasteiger partial charge in [-0.1, -0.05) is 18.2 Å². The molecular formula is C20H23N5. The van der Waals surface area contributed by atoms with Gasteiger partial charge in [0, 0.05) is 24.0 Å². The van der Waals surface area contributed by atoms with E-state index in [1.54, 1.807) is 6.20 Å². The first-order valence-electron chi connectivity index (χ1n) is 8.43. The van der Waals surface area contributed by atoms with Crippen molar-refractivity contribution < 1.29 is 0 Å². The number of hydrogen-bond acceptors (Lipinski definition) is 5. The first kappa shape index (κ1) is 16.9. The summed E-state index contributed by atoms with van der Waals surface area (Å²) in [6.45, 7) is 8.33. The van der Waals surface area contributed by atoms with Crippen molar-refractivity contribution in [1.29, 1.82) is 0 Å². The molecule has 0 bridgehead atoms. The molecule has 0 spiro atoms. The van der Waals surface area contributed by atoms with Crippen LogP contribution in [0.5, 0.6) is 0 Å². The molecule has 5 heteroatoms. The number of aromatic nitrogens is 3. The van der Waals surface area contributed by atoms with Crippen LogP contribution in [0.3, 0.4) is 0 Å². The standard InChI is InChI=1S/C20H23N5/c1-13(2)22-20-24-18(17-9-5-6-11-21-17)12-19(25-20)23-16-10-7-8-14(3)15(16)4/h5-13H,1-4H3,(H2,22,23,24,25). The third-order valence-electron chi connectivity index (χ3n) is 3.94. The highest BCUT2D eigenvalue weighted by Gasteiger charge is 2.10. The summed E-state index contributed by atoms with van der Waals surface area (Å²) >= 11 is 0. The molecule has 0 aliphatic heterocycles. The van der Waals surface area contributed by atoms with E-state index < -0.39 is 0 Å². The van der Waals surface area contributed by atoms with Crippen LogP contribution in [0.15, 0.2) is 48.7 Å². The van der Waals surface area contributed by atoms with E-state index in [0.29, 0.717) is 5.95 Å². The molecule has 0 saturated heterocycles. The smallest absolute Gasteiger partial charge is 0.225 e. The lowest BCUT2D eigenvalue weighted by Crippen LogP contribution is -2.13. The van der Waals surface area contributed by atoms with Gasteiger partial charge in [0.2, 0.25) is 5.95 Å². The van der Waals surface area contributed by atoms with Crippen LogP contribution in [-0.4, -0.2) is 21.0 Å². The first-order chi connectivity index (χ1) is 12.0. The summed E-state index contributed by atoms with van der Waals surface area (Å²) in [5, 5.41) is 6.70. The fourth-order valence-corrected chi connectivity index (χ4v) is 2.50. The molecule has 3 rings (SSSR count). The van der Waals surface area contributed by atoms with Crippen molar-refractivity contribution in [3.05, 3.63) is 59.8 Å². The molecule has 0 aliphatic carbocycles. The van der Waals surface area contributed by atoms with Gasteiger partial charge in [-0.2, -0.15) is 4.98 Å². The zero-order valence-electron chi connectivity index (χ0n) is 15.0. The van der Waals surface area contributed by atoms with E-state index in [1.807, 2.05) is 30.3 Å². The average Bonchev–Trinajstić information content (AvgIpc) is 2.59. The van der Waals surface area contributed by atoms with E-state index in [1.165, 1.54) is 11.1 Å². The minimum atomic E-state index is 0.243. The molecule has 0 unspecified atom stereocenters. The van der Waals surface area contributed by atoms with Crippen molar-refractivity contribution in [3.8, 4) is 11.4 Å². The zero-order chi connectivity index (χ0) is 17.8. The molecule has 0 fully saturated rings. The van der Waals surface area contributed by atoms with Crippen LogP contribution in [0, 0.1) is 13.8 Å². The molecule has 0 aliphatic rings. The molecule has 2 aromatic heterocycles. The van der Waals surface area contributed by atoms with E-state index in [-0.39, 0.29) is 6.04 Å². The van der Waals surface area contributed by atoms with Crippen molar-refractivity contribution >= 4 is 17.5 Å². The number of hydrogen-bond donors (Lipinski definition) is 2. The molecule has 2 N–H and O–H groups in total.